The topological polar surface area (TPSA) is 64.1 Å². The summed E-state index contributed by atoms with van der Waals surface area (Å²) >= 11 is 1.23. The van der Waals surface area contributed by atoms with E-state index in [2.05, 4.69) is 45.9 Å². The van der Waals surface area contributed by atoms with Crippen molar-refractivity contribution in [2.45, 2.75) is 51.5 Å². The van der Waals surface area contributed by atoms with Gasteiger partial charge in [0.1, 0.15) is 5.75 Å². The number of ether oxygens (including phenoxy) is 1. The third-order valence-corrected chi connectivity index (χ3v) is 5.81. The molecule has 5 nitrogen and oxygen atoms in total. The Hall–Kier alpha value is -2.73. The zero-order valence-electron chi connectivity index (χ0n) is 16.6. The quantitative estimate of drug-likeness (QED) is 0.603. The molecule has 2 aromatic carbocycles. The van der Waals surface area contributed by atoms with Crippen molar-refractivity contribution in [1.29, 1.82) is 0 Å². The molecule has 1 aromatic heterocycles. The van der Waals surface area contributed by atoms with E-state index >= 15 is 0 Å². The van der Waals surface area contributed by atoms with Crippen molar-refractivity contribution in [3.05, 3.63) is 71.0 Å². The SMILES string of the molecule is Cc1ccc(Cc2nsc(Oc3cccc(C(=O)NC4CCCCC4)c3)n2)cc1. The largest absolute Gasteiger partial charge is 0.430 e. The van der Waals surface area contributed by atoms with Gasteiger partial charge in [-0.1, -0.05) is 55.2 Å². The molecule has 150 valence electrons. The van der Waals surface area contributed by atoms with Crippen LogP contribution in [0.1, 0.15) is 59.4 Å². The highest BCUT2D eigenvalue weighted by Crippen LogP contribution is 2.25. The lowest BCUT2D eigenvalue weighted by molar-refractivity contribution is 0.0927. The van der Waals surface area contributed by atoms with Crippen LogP contribution in [0.3, 0.4) is 0 Å². The molecule has 0 aliphatic heterocycles. The van der Waals surface area contributed by atoms with Crippen LogP contribution in [-0.2, 0) is 6.42 Å². The fourth-order valence-corrected chi connectivity index (χ4v) is 4.13. The predicted molar refractivity (Wildman–Crippen MR) is 115 cm³/mol. The Bertz CT molecular complexity index is 962. The normalized spacial score (nSPS) is 14.5. The van der Waals surface area contributed by atoms with Crippen LogP contribution in [0.2, 0.25) is 0 Å². The Labute approximate surface area is 175 Å². The number of nitrogens with zero attached hydrogens (tertiary/aromatic N) is 2. The summed E-state index contributed by atoms with van der Waals surface area (Å²) in [5, 5.41) is 3.62. The lowest BCUT2D eigenvalue weighted by atomic mass is 9.95. The Morgan fingerprint density at radius 2 is 1.93 bits per heavy atom. The summed E-state index contributed by atoms with van der Waals surface area (Å²) in [4.78, 5) is 17.0. The van der Waals surface area contributed by atoms with Crippen LogP contribution in [0.4, 0.5) is 0 Å². The van der Waals surface area contributed by atoms with Gasteiger partial charge in [-0.05, 0) is 43.5 Å². The van der Waals surface area contributed by atoms with E-state index in [1.807, 2.05) is 18.2 Å². The monoisotopic (exact) mass is 407 g/mol. The molecule has 4 rings (SSSR count). The number of aryl methyl sites for hydroxylation is 1. The first-order valence-corrected chi connectivity index (χ1v) is 10.9. The van der Waals surface area contributed by atoms with Gasteiger partial charge in [0.25, 0.3) is 11.1 Å². The van der Waals surface area contributed by atoms with Crippen LogP contribution < -0.4 is 10.1 Å². The fraction of sp³-hybridized carbons (Fsp3) is 0.348. The summed E-state index contributed by atoms with van der Waals surface area (Å²) in [7, 11) is 0. The number of carbonyl (C=O) groups is 1. The van der Waals surface area contributed by atoms with Crippen molar-refractivity contribution in [3.8, 4) is 10.9 Å². The number of aromatic nitrogens is 2. The summed E-state index contributed by atoms with van der Waals surface area (Å²) in [5.74, 6) is 1.29. The van der Waals surface area contributed by atoms with Crippen LogP contribution in [0.5, 0.6) is 10.9 Å². The first-order valence-electron chi connectivity index (χ1n) is 10.1. The zero-order valence-corrected chi connectivity index (χ0v) is 17.4. The van der Waals surface area contributed by atoms with Gasteiger partial charge in [0.2, 0.25) is 0 Å². The molecule has 6 heteroatoms. The Morgan fingerprint density at radius 1 is 1.14 bits per heavy atom. The van der Waals surface area contributed by atoms with Gasteiger partial charge in [-0.15, -0.1) is 0 Å². The van der Waals surface area contributed by atoms with E-state index in [4.69, 9.17) is 4.74 Å². The Balaban J connectivity index is 1.38. The molecule has 0 bridgehead atoms. The fourth-order valence-electron chi connectivity index (χ4n) is 3.56. The lowest BCUT2D eigenvalue weighted by Gasteiger charge is -2.22. The standard InChI is InChI=1S/C23H25N3O2S/c1-16-10-12-17(13-11-16)14-21-25-23(29-26-21)28-20-9-5-6-18(15-20)22(27)24-19-7-3-2-4-8-19/h5-6,9-13,15,19H,2-4,7-8,14H2,1H3,(H,24,27). The van der Waals surface area contributed by atoms with Gasteiger partial charge in [0.05, 0.1) is 0 Å². The summed E-state index contributed by atoms with van der Waals surface area (Å²) in [5.41, 5.74) is 3.01. The minimum Gasteiger partial charge on any atom is -0.430 e. The van der Waals surface area contributed by atoms with Crippen molar-refractivity contribution < 1.29 is 9.53 Å². The molecule has 3 aromatic rings. The highest BCUT2D eigenvalue weighted by molar-refractivity contribution is 7.07. The molecule has 0 atom stereocenters. The number of benzene rings is 2. The molecule has 1 heterocycles. The third kappa shape index (κ3) is 5.41. The van der Waals surface area contributed by atoms with Gasteiger partial charge in [-0.3, -0.25) is 4.79 Å². The first-order chi connectivity index (χ1) is 14.2. The minimum atomic E-state index is -0.0420. The highest BCUT2D eigenvalue weighted by atomic mass is 32.1. The Kier molecular flexibility index (Phi) is 6.20. The number of rotatable bonds is 6. The first kappa shape index (κ1) is 19.6. The molecular weight excluding hydrogens is 382 g/mol. The van der Waals surface area contributed by atoms with Gasteiger partial charge >= 0.3 is 0 Å². The lowest BCUT2D eigenvalue weighted by Crippen LogP contribution is -2.36. The molecule has 0 radical (unpaired) electrons. The molecule has 0 unspecified atom stereocenters. The highest BCUT2D eigenvalue weighted by Gasteiger charge is 2.17. The van der Waals surface area contributed by atoms with Crippen molar-refractivity contribution in [3.63, 3.8) is 0 Å². The number of amides is 1. The summed E-state index contributed by atoms with van der Waals surface area (Å²) in [6.45, 7) is 2.07. The van der Waals surface area contributed by atoms with E-state index in [0.717, 1.165) is 18.7 Å². The molecule has 1 aliphatic carbocycles. The zero-order chi connectivity index (χ0) is 20.1. The molecule has 1 fully saturated rings. The second-order valence-electron chi connectivity index (χ2n) is 7.58. The van der Waals surface area contributed by atoms with Crippen molar-refractivity contribution in [2.75, 3.05) is 0 Å². The van der Waals surface area contributed by atoms with Crippen LogP contribution in [0, 0.1) is 6.92 Å². The van der Waals surface area contributed by atoms with Gasteiger partial charge in [0.15, 0.2) is 5.82 Å². The summed E-state index contributed by atoms with van der Waals surface area (Å²) in [6.07, 6.45) is 6.45. The average Bonchev–Trinajstić information content (AvgIpc) is 3.17. The van der Waals surface area contributed by atoms with Crippen LogP contribution in [0.25, 0.3) is 0 Å². The van der Waals surface area contributed by atoms with E-state index in [-0.39, 0.29) is 11.9 Å². The average molecular weight is 408 g/mol. The van der Waals surface area contributed by atoms with Crippen molar-refractivity contribution >= 4 is 17.4 Å². The number of hydrogen-bond donors (Lipinski definition) is 1. The maximum Gasteiger partial charge on any atom is 0.298 e. The van der Waals surface area contributed by atoms with Gasteiger partial charge in [0, 0.05) is 29.6 Å². The molecule has 1 aliphatic rings. The smallest absolute Gasteiger partial charge is 0.298 e. The van der Waals surface area contributed by atoms with Gasteiger partial charge in [-0.25, -0.2) is 0 Å². The molecular formula is C23H25N3O2S. The predicted octanol–water partition coefficient (Wildman–Crippen LogP) is 5.29. The van der Waals surface area contributed by atoms with Crippen LogP contribution >= 0.6 is 11.5 Å². The van der Waals surface area contributed by atoms with Crippen molar-refractivity contribution in [2.24, 2.45) is 0 Å². The second kappa shape index (κ2) is 9.18. The minimum absolute atomic E-state index is 0.0420. The van der Waals surface area contributed by atoms with E-state index in [0.29, 0.717) is 22.9 Å². The molecule has 0 spiro atoms. The molecule has 1 N–H and O–H groups in total. The third-order valence-electron chi connectivity index (χ3n) is 5.17. The molecule has 0 saturated heterocycles. The van der Waals surface area contributed by atoms with E-state index in [1.165, 1.54) is 41.9 Å². The summed E-state index contributed by atoms with van der Waals surface area (Å²) in [6, 6.07) is 15.9. The maximum absolute atomic E-state index is 12.6. The van der Waals surface area contributed by atoms with Gasteiger partial charge < -0.3 is 10.1 Å². The summed E-state index contributed by atoms with van der Waals surface area (Å²) < 4.78 is 10.3. The van der Waals surface area contributed by atoms with E-state index in [1.54, 1.807) is 6.07 Å². The van der Waals surface area contributed by atoms with Gasteiger partial charge in [-0.2, -0.15) is 9.36 Å². The molecule has 29 heavy (non-hydrogen) atoms. The molecule has 1 saturated carbocycles. The number of nitrogens with one attached hydrogen (secondary N) is 1. The van der Waals surface area contributed by atoms with Crippen molar-refractivity contribution in [1.82, 2.24) is 14.7 Å². The number of carbonyl (C=O) groups excluding carboxylic acids is 1. The van der Waals surface area contributed by atoms with Crippen LogP contribution in [-0.4, -0.2) is 21.3 Å². The number of hydrogen-bond acceptors (Lipinski definition) is 5. The Morgan fingerprint density at radius 3 is 2.72 bits per heavy atom. The van der Waals surface area contributed by atoms with E-state index < -0.39 is 0 Å². The second-order valence-corrected chi connectivity index (χ2v) is 8.29. The maximum atomic E-state index is 12.6. The van der Waals surface area contributed by atoms with E-state index in [9.17, 15) is 4.79 Å². The van der Waals surface area contributed by atoms with Crippen LogP contribution in [0.15, 0.2) is 48.5 Å². The molecule has 1 amide bonds.